The third kappa shape index (κ3) is 3.01. The molecule has 2 heterocycles. The van der Waals surface area contributed by atoms with Crippen molar-refractivity contribution in [3.63, 3.8) is 0 Å². The summed E-state index contributed by atoms with van der Waals surface area (Å²) in [6, 6.07) is 13.7. The lowest BCUT2D eigenvalue weighted by molar-refractivity contribution is 0.447. The van der Waals surface area contributed by atoms with Crippen LogP contribution in [0.4, 0.5) is 0 Å². The first-order valence-corrected chi connectivity index (χ1v) is 6.83. The molecule has 3 N–H and O–H groups in total. The van der Waals surface area contributed by atoms with E-state index in [1.54, 1.807) is 17.1 Å². The maximum absolute atomic E-state index is 5.70. The van der Waals surface area contributed by atoms with Crippen molar-refractivity contribution in [2.45, 2.75) is 18.9 Å². The third-order valence-electron chi connectivity index (χ3n) is 3.39. The van der Waals surface area contributed by atoms with E-state index in [1.165, 1.54) is 0 Å². The van der Waals surface area contributed by atoms with Crippen LogP contribution in [-0.4, -0.2) is 15.0 Å². The largest absolute Gasteiger partial charge is 0.469 e. The summed E-state index contributed by atoms with van der Waals surface area (Å²) in [5.41, 5.74) is 4.72. The van der Waals surface area contributed by atoms with Gasteiger partial charge in [-0.2, -0.15) is 0 Å². The van der Waals surface area contributed by atoms with E-state index in [4.69, 9.17) is 10.3 Å². The van der Waals surface area contributed by atoms with Crippen molar-refractivity contribution in [2.24, 2.45) is 5.84 Å². The summed E-state index contributed by atoms with van der Waals surface area (Å²) in [5, 5.41) is 8.15. The van der Waals surface area contributed by atoms with E-state index in [9.17, 15) is 0 Å². The lowest BCUT2D eigenvalue weighted by Gasteiger charge is -2.16. The highest BCUT2D eigenvalue weighted by atomic mass is 16.3. The van der Waals surface area contributed by atoms with E-state index in [1.807, 2.05) is 42.5 Å². The molecule has 3 aromatic rings. The molecule has 0 fully saturated rings. The molecule has 1 unspecified atom stereocenters. The van der Waals surface area contributed by atoms with Crippen molar-refractivity contribution >= 4 is 0 Å². The van der Waals surface area contributed by atoms with Crippen molar-refractivity contribution in [2.75, 3.05) is 0 Å². The normalized spacial score (nSPS) is 12.4. The van der Waals surface area contributed by atoms with Gasteiger partial charge in [-0.05, 0) is 30.7 Å². The number of benzene rings is 1. The predicted octanol–water partition coefficient (Wildman–Crippen LogP) is 2.00. The number of hydrogen-bond donors (Lipinski definition) is 2. The summed E-state index contributed by atoms with van der Waals surface area (Å²) in [4.78, 5) is 0. The number of para-hydroxylation sites is 1. The summed E-state index contributed by atoms with van der Waals surface area (Å²) in [6.07, 6.45) is 5.00. The molecule has 0 aliphatic carbocycles. The number of rotatable bonds is 6. The molecule has 0 aliphatic rings. The van der Waals surface area contributed by atoms with E-state index in [2.05, 4.69) is 15.7 Å². The molecule has 0 spiro atoms. The molecule has 6 heteroatoms. The summed E-state index contributed by atoms with van der Waals surface area (Å²) in [7, 11) is 0. The van der Waals surface area contributed by atoms with E-state index >= 15 is 0 Å². The minimum absolute atomic E-state index is 0.0506. The van der Waals surface area contributed by atoms with E-state index in [0.717, 1.165) is 30.0 Å². The molecule has 1 aromatic carbocycles. The second-order valence-electron chi connectivity index (χ2n) is 4.74. The van der Waals surface area contributed by atoms with Gasteiger partial charge in [0.25, 0.3) is 0 Å². The van der Waals surface area contributed by atoms with Gasteiger partial charge in [-0.15, -0.1) is 5.10 Å². The Bertz CT molecular complexity index is 662. The van der Waals surface area contributed by atoms with Crippen LogP contribution in [0, 0.1) is 0 Å². The minimum atomic E-state index is -0.0506. The number of nitrogens with two attached hydrogens (primary N) is 1. The average Bonchev–Trinajstić information content (AvgIpc) is 3.20. The highest BCUT2D eigenvalue weighted by Crippen LogP contribution is 2.20. The number of nitrogens with zero attached hydrogens (tertiary/aromatic N) is 3. The van der Waals surface area contributed by atoms with Gasteiger partial charge in [-0.1, -0.05) is 23.4 Å². The van der Waals surface area contributed by atoms with Crippen LogP contribution < -0.4 is 11.3 Å². The Balaban J connectivity index is 1.80. The molecular weight excluding hydrogens is 266 g/mol. The number of hydrogen-bond acceptors (Lipinski definition) is 5. The van der Waals surface area contributed by atoms with Crippen LogP contribution in [0.3, 0.4) is 0 Å². The van der Waals surface area contributed by atoms with Gasteiger partial charge in [-0.25, -0.2) is 4.68 Å². The summed E-state index contributed by atoms with van der Waals surface area (Å²) >= 11 is 0. The van der Waals surface area contributed by atoms with Crippen molar-refractivity contribution in [1.29, 1.82) is 0 Å². The van der Waals surface area contributed by atoms with Gasteiger partial charge in [0, 0.05) is 6.42 Å². The first kappa shape index (κ1) is 13.5. The van der Waals surface area contributed by atoms with Gasteiger partial charge in [0.15, 0.2) is 0 Å². The first-order valence-electron chi connectivity index (χ1n) is 6.83. The van der Waals surface area contributed by atoms with E-state index < -0.39 is 0 Å². The van der Waals surface area contributed by atoms with Crippen LogP contribution in [0.1, 0.15) is 23.9 Å². The fourth-order valence-electron chi connectivity index (χ4n) is 2.31. The minimum Gasteiger partial charge on any atom is -0.469 e. The van der Waals surface area contributed by atoms with Gasteiger partial charge >= 0.3 is 0 Å². The zero-order chi connectivity index (χ0) is 14.5. The lowest BCUT2D eigenvalue weighted by Crippen LogP contribution is -2.30. The Morgan fingerprint density at radius 3 is 2.76 bits per heavy atom. The van der Waals surface area contributed by atoms with Gasteiger partial charge in [0.1, 0.15) is 5.76 Å². The molecular formula is C15H17N5O. The number of hydrazine groups is 1. The zero-order valence-electron chi connectivity index (χ0n) is 11.5. The molecule has 3 rings (SSSR count). The molecule has 0 saturated heterocycles. The third-order valence-corrected chi connectivity index (χ3v) is 3.39. The molecule has 0 aliphatic heterocycles. The maximum atomic E-state index is 5.70. The second-order valence-corrected chi connectivity index (χ2v) is 4.74. The second kappa shape index (κ2) is 6.34. The molecule has 1 atom stereocenters. The number of aromatic nitrogens is 3. The molecule has 0 amide bonds. The SMILES string of the molecule is NNC(CCc1ccco1)c1cnnn1-c1ccccc1. The maximum Gasteiger partial charge on any atom is 0.103 e. The molecule has 21 heavy (non-hydrogen) atoms. The Labute approximate surface area is 122 Å². The van der Waals surface area contributed by atoms with Crippen LogP contribution in [0.25, 0.3) is 5.69 Å². The van der Waals surface area contributed by atoms with Crippen LogP contribution in [-0.2, 0) is 6.42 Å². The molecule has 0 saturated carbocycles. The Morgan fingerprint density at radius 1 is 1.19 bits per heavy atom. The van der Waals surface area contributed by atoms with Crippen molar-refractivity contribution in [1.82, 2.24) is 20.4 Å². The quantitative estimate of drug-likeness (QED) is 0.534. The predicted molar refractivity (Wildman–Crippen MR) is 78.5 cm³/mol. The van der Waals surface area contributed by atoms with Crippen LogP contribution in [0.5, 0.6) is 0 Å². The fraction of sp³-hybridized carbons (Fsp3) is 0.200. The number of furan rings is 1. The van der Waals surface area contributed by atoms with Crippen LogP contribution >= 0.6 is 0 Å². The molecule has 0 radical (unpaired) electrons. The van der Waals surface area contributed by atoms with Crippen molar-refractivity contribution in [3.05, 3.63) is 66.4 Å². The number of aryl methyl sites for hydroxylation is 1. The molecule has 6 nitrogen and oxygen atoms in total. The fourth-order valence-corrected chi connectivity index (χ4v) is 2.31. The lowest BCUT2D eigenvalue weighted by atomic mass is 10.1. The molecule has 2 aromatic heterocycles. The van der Waals surface area contributed by atoms with E-state index in [-0.39, 0.29) is 6.04 Å². The highest BCUT2D eigenvalue weighted by molar-refractivity contribution is 5.32. The Morgan fingerprint density at radius 2 is 2.05 bits per heavy atom. The zero-order valence-corrected chi connectivity index (χ0v) is 11.5. The summed E-state index contributed by atoms with van der Waals surface area (Å²) < 4.78 is 7.15. The standard InChI is InChI=1S/C15H17N5O/c16-18-14(9-8-13-7-4-10-21-13)15-11-17-19-20(15)12-5-2-1-3-6-12/h1-7,10-11,14,18H,8-9,16H2. The Kier molecular flexibility index (Phi) is 4.09. The monoisotopic (exact) mass is 283 g/mol. The summed E-state index contributed by atoms with van der Waals surface area (Å²) in [5.74, 6) is 6.64. The van der Waals surface area contributed by atoms with Gasteiger partial charge in [0.05, 0.1) is 29.9 Å². The average molecular weight is 283 g/mol. The smallest absolute Gasteiger partial charge is 0.103 e. The van der Waals surface area contributed by atoms with Gasteiger partial charge < -0.3 is 4.42 Å². The summed E-state index contributed by atoms with van der Waals surface area (Å²) in [6.45, 7) is 0. The van der Waals surface area contributed by atoms with Gasteiger partial charge in [0.2, 0.25) is 0 Å². The number of nitrogens with one attached hydrogen (secondary N) is 1. The van der Waals surface area contributed by atoms with E-state index in [0.29, 0.717) is 0 Å². The van der Waals surface area contributed by atoms with Crippen molar-refractivity contribution in [3.8, 4) is 5.69 Å². The van der Waals surface area contributed by atoms with Crippen LogP contribution in [0.15, 0.2) is 59.3 Å². The first-order chi connectivity index (χ1) is 10.4. The van der Waals surface area contributed by atoms with Crippen LogP contribution in [0.2, 0.25) is 0 Å². The topological polar surface area (TPSA) is 81.9 Å². The van der Waals surface area contributed by atoms with Crippen molar-refractivity contribution < 1.29 is 4.42 Å². The highest BCUT2D eigenvalue weighted by Gasteiger charge is 2.17. The van der Waals surface area contributed by atoms with Gasteiger partial charge in [-0.3, -0.25) is 11.3 Å². The Hall–Kier alpha value is -2.44. The molecule has 108 valence electrons. The molecule has 0 bridgehead atoms.